The first-order chi connectivity index (χ1) is 4.80. The molecule has 0 N–H and O–H groups in total. The molecular formula is C7H13N2O2-3. The molecule has 0 unspecified atom stereocenters. The average molecular weight is 157 g/mol. The normalized spacial score (nSPS) is 31.1. The van der Waals surface area contributed by atoms with E-state index in [-0.39, 0.29) is 0 Å². The van der Waals surface area contributed by atoms with Crippen molar-refractivity contribution >= 4 is 0 Å². The Morgan fingerprint density at radius 3 is 1.27 bits per heavy atom. The summed E-state index contributed by atoms with van der Waals surface area (Å²) in [7, 11) is 0. The third kappa shape index (κ3) is 0.980. The van der Waals surface area contributed by atoms with Crippen LogP contribution >= 0.6 is 0 Å². The molecule has 0 saturated carbocycles. The maximum Gasteiger partial charge on any atom is -0.00753 e. The largest absolute Gasteiger partial charge is 0.812 e. The van der Waals surface area contributed by atoms with E-state index < -0.39 is 11.1 Å². The number of hydrogen-bond donors (Lipinski definition) is 0. The Bertz CT molecular complexity index is 150. The number of hydroxylamine groups is 4. The van der Waals surface area contributed by atoms with E-state index in [1.807, 2.05) is 0 Å². The van der Waals surface area contributed by atoms with Crippen molar-refractivity contribution in [1.29, 1.82) is 0 Å². The summed E-state index contributed by atoms with van der Waals surface area (Å²) < 4.78 is 0. The number of rotatable bonds is 0. The highest BCUT2D eigenvalue weighted by Gasteiger charge is 2.38. The fourth-order valence-electron chi connectivity index (χ4n) is 0.923. The summed E-state index contributed by atoms with van der Waals surface area (Å²) in [6, 6.07) is 0. The summed E-state index contributed by atoms with van der Waals surface area (Å²) in [5.41, 5.74) is -1.29. The Kier molecular flexibility index (Phi) is 1.76. The Hall–Kier alpha value is -0.160. The summed E-state index contributed by atoms with van der Waals surface area (Å²) in [6.07, 6.45) is 0. The summed E-state index contributed by atoms with van der Waals surface area (Å²) in [5.74, 6) is 0. The van der Waals surface area contributed by atoms with Gasteiger partial charge in [-0.05, 0) is 38.8 Å². The van der Waals surface area contributed by atoms with Crippen molar-refractivity contribution in [3.8, 4) is 0 Å². The summed E-state index contributed by atoms with van der Waals surface area (Å²) in [4.78, 5) is 0. The molecule has 0 spiro atoms. The van der Waals surface area contributed by atoms with Crippen LogP contribution in [0.5, 0.6) is 0 Å². The highest BCUT2D eigenvalue weighted by molar-refractivity contribution is 5.12. The Morgan fingerprint density at radius 2 is 1.18 bits per heavy atom. The van der Waals surface area contributed by atoms with Gasteiger partial charge in [-0.2, -0.15) is 0 Å². The van der Waals surface area contributed by atoms with E-state index in [4.69, 9.17) is 0 Å². The SMILES string of the molecule is CC1(C)N([O-])[CH-]N([O-])C1(C)C. The van der Waals surface area contributed by atoms with Crippen LogP contribution in [0.25, 0.3) is 0 Å². The van der Waals surface area contributed by atoms with E-state index in [1.54, 1.807) is 27.7 Å². The van der Waals surface area contributed by atoms with E-state index in [2.05, 4.69) is 0 Å². The molecule has 4 heteroatoms. The minimum absolute atomic E-state index is 0.644. The molecule has 1 heterocycles. The van der Waals surface area contributed by atoms with Crippen molar-refractivity contribution in [1.82, 2.24) is 10.1 Å². The van der Waals surface area contributed by atoms with Gasteiger partial charge >= 0.3 is 0 Å². The van der Waals surface area contributed by atoms with Crippen LogP contribution in [0.3, 0.4) is 0 Å². The fourth-order valence-corrected chi connectivity index (χ4v) is 0.923. The van der Waals surface area contributed by atoms with Gasteiger partial charge in [-0.1, -0.05) is 0 Å². The molecule has 66 valence electrons. The molecule has 0 aromatic rings. The molecule has 0 aromatic carbocycles. The van der Waals surface area contributed by atoms with Crippen molar-refractivity contribution in [2.45, 2.75) is 38.8 Å². The molecule has 0 aliphatic carbocycles. The molecule has 1 aliphatic rings. The highest BCUT2D eigenvalue weighted by Crippen LogP contribution is 2.40. The highest BCUT2D eigenvalue weighted by atomic mass is 16.6. The second-order valence-corrected chi connectivity index (χ2v) is 3.89. The molecule has 4 nitrogen and oxygen atoms in total. The van der Waals surface area contributed by atoms with Crippen LogP contribution in [0.1, 0.15) is 27.7 Å². The van der Waals surface area contributed by atoms with Crippen molar-refractivity contribution in [3.05, 3.63) is 17.1 Å². The molecule has 0 bridgehead atoms. The fraction of sp³-hybridized carbons (Fsp3) is 0.857. The van der Waals surface area contributed by atoms with Gasteiger partial charge in [-0.3, -0.25) is 0 Å². The third-order valence-corrected chi connectivity index (χ3v) is 2.81. The van der Waals surface area contributed by atoms with Crippen LogP contribution in [0, 0.1) is 17.1 Å². The summed E-state index contributed by atoms with van der Waals surface area (Å²) >= 11 is 0. The Balaban J connectivity index is 2.95. The molecular weight excluding hydrogens is 144 g/mol. The van der Waals surface area contributed by atoms with Gasteiger partial charge in [0.1, 0.15) is 0 Å². The number of nitrogens with zero attached hydrogens (tertiary/aromatic N) is 2. The van der Waals surface area contributed by atoms with E-state index in [9.17, 15) is 10.4 Å². The van der Waals surface area contributed by atoms with Gasteiger partial charge in [-0.15, -0.1) is 0 Å². The Morgan fingerprint density at radius 1 is 0.909 bits per heavy atom. The lowest BCUT2D eigenvalue weighted by Crippen LogP contribution is -2.51. The van der Waals surface area contributed by atoms with Crippen molar-refractivity contribution in [2.24, 2.45) is 0 Å². The average Bonchev–Trinajstić information content (AvgIpc) is 1.95. The zero-order valence-electron chi connectivity index (χ0n) is 7.29. The van der Waals surface area contributed by atoms with Crippen LogP contribution in [0.4, 0.5) is 0 Å². The smallest absolute Gasteiger partial charge is 0.00753 e. The molecule has 1 aliphatic heterocycles. The molecule has 1 saturated heterocycles. The molecule has 0 aromatic heterocycles. The van der Waals surface area contributed by atoms with Gasteiger partial charge in [0.2, 0.25) is 0 Å². The first kappa shape index (κ1) is 8.93. The van der Waals surface area contributed by atoms with Gasteiger partial charge in [0, 0.05) is 0 Å². The van der Waals surface area contributed by atoms with E-state index >= 15 is 0 Å². The van der Waals surface area contributed by atoms with Gasteiger partial charge in [0.15, 0.2) is 0 Å². The lowest BCUT2D eigenvalue weighted by Gasteiger charge is -2.52. The van der Waals surface area contributed by atoms with Crippen LogP contribution in [0.2, 0.25) is 0 Å². The number of hydrogen-bond acceptors (Lipinski definition) is 4. The van der Waals surface area contributed by atoms with Gasteiger partial charge in [0.25, 0.3) is 0 Å². The maximum atomic E-state index is 11.1. The van der Waals surface area contributed by atoms with Crippen LogP contribution in [0.15, 0.2) is 0 Å². The minimum Gasteiger partial charge on any atom is -0.812 e. The first-order valence-corrected chi connectivity index (χ1v) is 3.58. The van der Waals surface area contributed by atoms with Gasteiger partial charge < -0.3 is 20.5 Å². The van der Waals surface area contributed by atoms with E-state index in [0.29, 0.717) is 10.1 Å². The molecule has 1 fully saturated rings. The minimum atomic E-state index is -0.644. The standard InChI is InChI=1S/C7H13N2O2/c1-6(2)7(3,4)9(11)5-8(6)10/h5H,1-4H3/q-3. The zero-order chi connectivity index (χ0) is 8.86. The summed E-state index contributed by atoms with van der Waals surface area (Å²) in [5, 5.41) is 23.7. The van der Waals surface area contributed by atoms with Crippen LogP contribution in [-0.4, -0.2) is 21.2 Å². The molecule has 0 amide bonds. The second kappa shape index (κ2) is 2.17. The molecule has 0 atom stereocenters. The van der Waals surface area contributed by atoms with Gasteiger partial charge in [0.05, 0.1) is 0 Å². The van der Waals surface area contributed by atoms with Crippen molar-refractivity contribution in [2.75, 3.05) is 0 Å². The van der Waals surface area contributed by atoms with E-state index in [0.717, 1.165) is 6.67 Å². The predicted octanol–water partition coefficient (Wildman–Crippen LogP) is 1.28. The first-order valence-electron chi connectivity index (χ1n) is 3.58. The summed E-state index contributed by atoms with van der Waals surface area (Å²) in [6.45, 7) is 8.09. The lowest BCUT2D eigenvalue weighted by molar-refractivity contribution is 0.154. The lowest BCUT2D eigenvalue weighted by atomic mass is 9.84. The van der Waals surface area contributed by atoms with E-state index in [1.165, 1.54) is 0 Å². The van der Waals surface area contributed by atoms with Crippen LogP contribution < -0.4 is 0 Å². The van der Waals surface area contributed by atoms with Gasteiger partial charge in [-0.25, -0.2) is 6.67 Å². The topological polar surface area (TPSA) is 52.6 Å². The second-order valence-electron chi connectivity index (χ2n) is 3.89. The zero-order valence-corrected chi connectivity index (χ0v) is 7.29. The maximum absolute atomic E-state index is 11.1. The molecule has 1 rings (SSSR count). The monoisotopic (exact) mass is 157 g/mol. The molecule has 11 heavy (non-hydrogen) atoms. The quantitative estimate of drug-likeness (QED) is 0.497. The third-order valence-electron chi connectivity index (χ3n) is 2.81. The van der Waals surface area contributed by atoms with Crippen LogP contribution in [-0.2, 0) is 0 Å². The molecule has 0 radical (unpaired) electrons. The van der Waals surface area contributed by atoms with Crippen molar-refractivity contribution < 1.29 is 0 Å². The Labute approximate surface area is 66.9 Å². The predicted molar refractivity (Wildman–Crippen MR) is 42.9 cm³/mol. The van der Waals surface area contributed by atoms with Crippen molar-refractivity contribution in [3.63, 3.8) is 0 Å².